The second-order valence-electron chi connectivity index (χ2n) is 7.30. The van der Waals surface area contributed by atoms with Gasteiger partial charge in [0.1, 0.15) is 18.1 Å². The van der Waals surface area contributed by atoms with Gasteiger partial charge in [0.2, 0.25) is 0 Å². The molecular formula is C20H27FN4O2. The van der Waals surface area contributed by atoms with Crippen LogP contribution in [0.1, 0.15) is 35.8 Å². The van der Waals surface area contributed by atoms with Crippen molar-refractivity contribution < 1.29 is 13.9 Å². The van der Waals surface area contributed by atoms with Gasteiger partial charge in [-0.25, -0.2) is 9.37 Å². The molecule has 2 aromatic heterocycles. The first-order valence-electron chi connectivity index (χ1n) is 9.84. The van der Waals surface area contributed by atoms with Crippen molar-refractivity contribution >= 4 is 22.8 Å². The Labute approximate surface area is 158 Å². The molecule has 1 fully saturated rings. The number of aryl methyl sites for hydroxylation is 1. The largest absolute Gasteiger partial charge is 0.375 e. The number of likely N-dealkylation sites (N-methyl/N-ethyl adjacent to an activating group) is 1. The van der Waals surface area contributed by atoms with E-state index in [1.807, 2.05) is 31.0 Å². The second kappa shape index (κ2) is 7.46. The molecular weight excluding hydrogens is 347 g/mol. The topological polar surface area (TPSA) is 50.6 Å². The van der Waals surface area contributed by atoms with Crippen LogP contribution in [-0.2, 0) is 18.2 Å². The Morgan fingerprint density at radius 2 is 2.04 bits per heavy atom. The molecule has 0 spiro atoms. The average Bonchev–Trinajstić information content (AvgIpc) is 2.99. The van der Waals surface area contributed by atoms with E-state index in [-0.39, 0.29) is 18.6 Å². The Kier molecular flexibility index (Phi) is 5.04. The van der Waals surface area contributed by atoms with E-state index in [9.17, 15) is 9.18 Å². The molecule has 0 aliphatic carbocycles. The Bertz CT molecular complexity index is 842. The highest BCUT2D eigenvalue weighted by molar-refractivity contribution is 6.08. The first kappa shape index (κ1) is 18.2. The lowest BCUT2D eigenvalue weighted by atomic mass is 10.0. The molecule has 0 radical (unpaired) electrons. The van der Waals surface area contributed by atoms with Gasteiger partial charge in [-0.05, 0) is 31.9 Å². The number of amides is 1. The van der Waals surface area contributed by atoms with Crippen molar-refractivity contribution in [2.75, 3.05) is 44.4 Å². The summed E-state index contributed by atoms with van der Waals surface area (Å²) in [4.78, 5) is 21.9. The number of hydrogen-bond donors (Lipinski definition) is 0. The summed E-state index contributed by atoms with van der Waals surface area (Å²) in [6, 6.07) is 4.06. The fourth-order valence-electron chi connectivity index (χ4n) is 4.31. The van der Waals surface area contributed by atoms with Crippen LogP contribution in [0.25, 0.3) is 11.0 Å². The molecule has 2 aliphatic rings. The van der Waals surface area contributed by atoms with Gasteiger partial charge in [0, 0.05) is 50.7 Å². The first-order chi connectivity index (χ1) is 13.1. The van der Waals surface area contributed by atoms with Gasteiger partial charge in [-0.1, -0.05) is 0 Å². The highest BCUT2D eigenvalue weighted by atomic mass is 19.1. The maximum absolute atomic E-state index is 12.8. The number of alkyl halides is 1. The number of pyridine rings is 1. The maximum atomic E-state index is 12.8. The van der Waals surface area contributed by atoms with Crippen molar-refractivity contribution in [3.63, 3.8) is 0 Å². The molecule has 2 aromatic rings. The molecule has 0 bridgehead atoms. The van der Waals surface area contributed by atoms with E-state index in [0.29, 0.717) is 0 Å². The molecule has 1 saturated heterocycles. The van der Waals surface area contributed by atoms with Crippen LogP contribution in [0.4, 0.5) is 10.2 Å². The standard InChI is InChI=1S/C20H27FN4O2/c1-3-24-12-8-16-18(20(24)26)15-4-5-17(22-19(15)23(16)2)25-10-6-14(7-11-25)27-13-9-21/h4-5,14H,3,6-13H2,1-2H3. The Hall–Kier alpha value is -2.15. The minimum atomic E-state index is -0.426. The minimum Gasteiger partial charge on any atom is -0.375 e. The summed E-state index contributed by atoms with van der Waals surface area (Å²) in [5.41, 5.74) is 2.78. The van der Waals surface area contributed by atoms with Crippen molar-refractivity contribution in [1.29, 1.82) is 0 Å². The molecule has 4 rings (SSSR count). The van der Waals surface area contributed by atoms with E-state index in [1.54, 1.807) is 0 Å². The molecule has 0 N–H and O–H groups in total. The fraction of sp³-hybridized carbons (Fsp3) is 0.600. The van der Waals surface area contributed by atoms with Crippen LogP contribution in [-0.4, -0.2) is 65.9 Å². The highest BCUT2D eigenvalue weighted by Gasteiger charge is 2.30. The molecule has 27 heavy (non-hydrogen) atoms. The number of carbonyl (C=O) groups is 1. The van der Waals surface area contributed by atoms with Crippen LogP contribution in [0.5, 0.6) is 0 Å². The summed E-state index contributed by atoms with van der Waals surface area (Å²) >= 11 is 0. The van der Waals surface area contributed by atoms with Crippen LogP contribution in [0, 0.1) is 0 Å². The molecule has 4 heterocycles. The third kappa shape index (κ3) is 3.18. The fourth-order valence-corrected chi connectivity index (χ4v) is 4.31. The number of rotatable bonds is 5. The maximum Gasteiger partial charge on any atom is 0.256 e. The zero-order valence-electron chi connectivity index (χ0n) is 16.1. The summed E-state index contributed by atoms with van der Waals surface area (Å²) in [5.74, 6) is 1.05. The second-order valence-corrected chi connectivity index (χ2v) is 7.30. The normalized spacial score (nSPS) is 18.4. The van der Waals surface area contributed by atoms with E-state index in [1.165, 1.54) is 0 Å². The quantitative estimate of drug-likeness (QED) is 0.807. The zero-order chi connectivity index (χ0) is 19.0. The third-order valence-corrected chi connectivity index (χ3v) is 5.84. The van der Waals surface area contributed by atoms with E-state index in [2.05, 4.69) is 9.47 Å². The number of halogens is 1. The van der Waals surface area contributed by atoms with Crippen LogP contribution >= 0.6 is 0 Å². The summed E-state index contributed by atoms with van der Waals surface area (Å²) in [7, 11) is 2.00. The van der Waals surface area contributed by atoms with Gasteiger partial charge in [0.25, 0.3) is 5.91 Å². The van der Waals surface area contributed by atoms with Gasteiger partial charge in [0.15, 0.2) is 0 Å². The molecule has 0 unspecified atom stereocenters. The number of piperidine rings is 1. The summed E-state index contributed by atoms with van der Waals surface area (Å²) in [6.07, 6.45) is 2.77. The van der Waals surface area contributed by atoms with Crippen molar-refractivity contribution in [3.05, 3.63) is 23.4 Å². The van der Waals surface area contributed by atoms with Crippen LogP contribution in [0.2, 0.25) is 0 Å². The van der Waals surface area contributed by atoms with Crippen LogP contribution in [0.15, 0.2) is 12.1 Å². The smallest absolute Gasteiger partial charge is 0.256 e. The van der Waals surface area contributed by atoms with E-state index in [0.717, 1.165) is 73.6 Å². The van der Waals surface area contributed by atoms with Gasteiger partial charge in [-0.2, -0.15) is 0 Å². The number of ether oxygens (including phenoxy) is 1. The summed E-state index contributed by atoms with van der Waals surface area (Å²) < 4.78 is 19.9. The Morgan fingerprint density at radius 3 is 2.74 bits per heavy atom. The number of hydrogen-bond acceptors (Lipinski definition) is 4. The Morgan fingerprint density at radius 1 is 1.26 bits per heavy atom. The molecule has 0 aromatic carbocycles. The number of carbonyl (C=O) groups excluding carboxylic acids is 1. The number of anilines is 1. The van der Waals surface area contributed by atoms with E-state index in [4.69, 9.17) is 9.72 Å². The SMILES string of the molecule is CCN1CCc2c(c3ccc(N4CCC(OCCF)CC4)nc3n2C)C1=O. The van der Waals surface area contributed by atoms with Gasteiger partial charge in [-0.15, -0.1) is 0 Å². The number of fused-ring (bicyclic) bond motifs is 3. The van der Waals surface area contributed by atoms with Gasteiger partial charge in [0.05, 0.1) is 18.3 Å². The van der Waals surface area contributed by atoms with E-state index < -0.39 is 6.67 Å². The zero-order valence-corrected chi connectivity index (χ0v) is 16.1. The molecule has 6 nitrogen and oxygen atoms in total. The predicted octanol–water partition coefficient (Wildman–Crippen LogP) is 2.55. The molecule has 7 heteroatoms. The summed E-state index contributed by atoms with van der Waals surface area (Å²) in [5, 5.41) is 0.945. The van der Waals surface area contributed by atoms with Crippen molar-refractivity contribution in [3.8, 4) is 0 Å². The summed E-state index contributed by atoms with van der Waals surface area (Å²) in [6.45, 7) is 4.98. The average molecular weight is 374 g/mol. The molecule has 1 amide bonds. The number of nitrogens with zero attached hydrogens (tertiary/aromatic N) is 4. The van der Waals surface area contributed by atoms with Crippen molar-refractivity contribution in [2.45, 2.75) is 32.3 Å². The number of aromatic nitrogens is 2. The monoisotopic (exact) mass is 374 g/mol. The lowest BCUT2D eigenvalue weighted by Crippen LogP contribution is -2.37. The minimum absolute atomic E-state index is 0.115. The molecule has 146 valence electrons. The van der Waals surface area contributed by atoms with Crippen molar-refractivity contribution in [2.24, 2.45) is 7.05 Å². The van der Waals surface area contributed by atoms with Crippen LogP contribution in [0.3, 0.4) is 0 Å². The van der Waals surface area contributed by atoms with Crippen LogP contribution < -0.4 is 4.90 Å². The molecule has 0 atom stereocenters. The van der Waals surface area contributed by atoms with Gasteiger partial charge < -0.3 is 19.1 Å². The third-order valence-electron chi connectivity index (χ3n) is 5.84. The van der Waals surface area contributed by atoms with Gasteiger partial charge >= 0.3 is 0 Å². The highest BCUT2D eigenvalue weighted by Crippen LogP contribution is 2.31. The lowest BCUT2D eigenvalue weighted by Gasteiger charge is -2.32. The molecule has 0 saturated carbocycles. The van der Waals surface area contributed by atoms with E-state index >= 15 is 0 Å². The predicted molar refractivity (Wildman–Crippen MR) is 103 cm³/mol. The Balaban J connectivity index is 1.59. The van der Waals surface area contributed by atoms with Gasteiger partial charge in [-0.3, -0.25) is 4.79 Å². The first-order valence-corrected chi connectivity index (χ1v) is 9.84. The molecule has 2 aliphatic heterocycles. The lowest BCUT2D eigenvalue weighted by molar-refractivity contribution is 0.0293. The van der Waals surface area contributed by atoms with Crippen molar-refractivity contribution in [1.82, 2.24) is 14.5 Å².